The summed E-state index contributed by atoms with van der Waals surface area (Å²) in [4.78, 5) is 14.0. The number of carbonyl (C=O) groups excluding carboxylic acids is 1. The van der Waals surface area contributed by atoms with Crippen molar-refractivity contribution in [2.24, 2.45) is 5.92 Å². The summed E-state index contributed by atoms with van der Waals surface area (Å²) in [5.41, 5.74) is 1.01. The van der Waals surface area contributed by atoms with E-state index in [2.05, 4.69) is 5.32 Å². The lowest BCUT2D eigenvalue weighted by Gasteiger charge is -2.23. The molecular formula is C18H27N3O3S. The number of urea groups is 1. The molecule has 138 valence electrons. The maximum atomic E-state index is 12.9. The fraction of sp³-hybridized carbons (Fsp3) is 0.611. The molecule has 0 aromatic heterocycles. The van der Waals surface area contributed by atoms with Crippen molar-refractivity contribution < 1.29 is 13.2 Å². The van der Waals surface area contributed by atoms with Gasteiger partial charge in [0.1, 0.15) is 0 Å². The molecule has 1 aromatic rings. The summed E-state index contributed by atoms with van der Waals surface area (Å²) >= 11 is 0. The molecule has 2 fully saturated rings. The molecule has 3 rings (SSSR count). The van der Waals surface area contributed by atoms with E-state index in [1.165, 1.54) is 0 Å². The molecule has 6 nitrogen and oxygen atoms in total. The number of benzene rings is 1. The lowest BCUT2D eigenvalue weighted by atomic mass is 10.0. The van der Waals surface area contributed by atoms with E-state index in [1.807, 2.05) is 44.2 Å². The van der Waals surface area contributed by atoms with Gasteiger partial charge in [0.15, 0.2) is 0 Å². The van der Waals surface area contributed by atoms with E-state index < -0.39 is 10.0 Å². The van der Waals surface area contributed by atoms with E-state index in [0.717, 1.165) is 12.0 Å². The third kappa shape index (κ3) is 3.98. The van der Waals surface area contributed by atoms with Gasteiger partial charge in [-0.15, -0.1) is 0 Å². The topological polar surface area (TPSA) is 69.7 Å². The molecule has 2 aliphatic rings. The van der Waals surface area contributed by atoms with Crippen LogP contribution in [0.1, 0.15) is 32.3 Å². The summed E-state index contributed by atoms with van der Waals surface area (Å²) in [5.74, 6) is 0.102. The van der Waals surface area contributed by atoms with E-state index in [9.17, 15) is 13.2 Å². The van der Waals surface area contributed by atoms with Crippen molar-refractivity contribution in [2.45, 2.75) is 44.5 Å². The molecule has 0 aliphatic carbocycles. The minimum Gasteiger partial charge on any atom is -0.336 e. The quantitative estimate of drug-likeness (QED) is 0.891. The Morgan fingerprint density at radius 2 is 1.88 bits per heavy atom. The van der Waals surface area contributed by atoms with Gasteiger partial charge in [0, 0.05) is 32.2 Å². The second-order valence-electron chi connectivity index (χ2n) is 7.29. The second-order valence-corrected chi connectivity index (χ2v) is 9.44. The van der Waals surface area contributed by atoms with Crippen LogP contribution in [0.2, 0.25) is 0 Å². The standard InChI is InChI=1S/C18H27N3O3S/c1-14(2)19-18(22)20-10-8-16-13-21(12-15-6-4-3-5-7-15)25(23,24)17(16)9-11-20/h3-7,14,16-17H,8-13H2,1-2H3,(H,19,22)/t16-,17-/m1/s1. The fourth-order valence-corrected chi connectivity index (χ4v) is 6.00. The normalized spacial score (nSPS) is 26.3. The van der Waals surface area contributed by atoms with E-state index in [-0.39, 0.29) is 23.2 Å². The van der Waals surface area contributed by atoms with Gasteiger partial charge in [0.2, 0.25) is 10.0 Å². The van der Waals surface area contributed by atoms with Gasteiger partial charge in [-0.05, 0) is 38.2 Å². The molecule has 0 unspecified atom stereocenters. The highest BCUT2D eigenvalue weighted by atomic mass is 32.2. The van der Waals surface area contributed by atoms with E-state index in [1.54, 1.807) is 9.21 Å². The van der Waals surface area contributed by atoms with Crippen molar-refractivity contribution in [3.05, 3.63) is 35.9 Å². The Bertz CT molecular complexity index is 706. The van der Waals surface area contributed by atoms with Crippen LogP contribution in [0.5, 0.6) is 0 Å². The molecule has 2 amide bonds. The summed E-state index contributed by atoms with van der Waals surface area (Å²) in [7, 11) is -3.31. The zero-order valence-electron chi connectivity index (χ0n) is 14.9. The molecular weight excluding hydrogens is 338 g/mol. The largest absolute Gasteiger partial charge is 0.336 e. The first-order valence-electron chi connectivity index (χ1n) is 8.96. The Labute approximate surface area is 150 Å². The number of fused-ring (bicyclic) bond motifs is 1. The van der Waals surface area contributed by atoms with Gasteiger partial charge in [0.25, 0.3) is 0 Å². The molecule has 2 atom stereocenters. The number of rotatable bonds is 3. The van der Waals surface area contributed by atoms with Gasteiger partial charge in [-0.3, -0.25) is 0 Å². The van der Waals surface area contributed by atoms with Crippen molar-refractivity contribution >= 4 is 16.1 Å². The predicted molar refractivity (Wildman–Crippen MR) is 97.5 cm³/mol. The van der Waals surface area contributed by atoms with Crippen molar-refractivity contribution in [3.63, 3.8) is 0 Å². The highest BCUT2D eigenvalue weighted by molar-refractivity contribution is 7.90. The van der Waals surface area contributed by atoms with E-state index in [0.29, 0.717) is 32.6 Å². The highest BCUT2D eigenvalue weighted by Crippen LogP contribution is 2.35. The predicted octanol–water partition coefficient (Wildman–Crippen LogP) is 2.03. The smallest absolute Gasteiger partial charge is 0.317 e. The molecule has 0 radical (unpaired) electrons. The third-order valence-electron chi connectivity index (χ3n) is 5.06. The van der Waals surface area contributed by atoms with Crippen molar-refractivity contribution in [2.75, 3.05) is 19.6 Å². The van der Waals surface area contributed by atoms with Crippen molar-refractivity contribution in [1.82, 2.24) is 14.5 Å². The third-order valence-corrected chi connectivity index (χ3v) is 7.44. The fourth-order valence-electron chi connectivity index (χ4n) is 3.78. The molecule has 1 aromatic carbocycles. The van der Waals surface area contributed by atoms with Gasteiger partial charge in [0.05, 0.1) is 5.25 Å². The Kier molecular flexibility index (Phi) is 5.34. The summed E-state index contributed by atoms with van der Waals surface area (Å²) in [5, 5.41) is 2.53. The van der Waals surface area contributed by atoms with Gasteiger partial charge < -0.3 is 10.2 Å². The molecule has 0 bridgehead atoms. The zero-order valence-corrected chi connectivity index (χ0v) is 15.7. The Balaban J connectivity index is 1.67. The van der Waals surface area contributed by atoms with Crippen LogP contribution in [0, 0.1) is 5.92 Å². The van der Waals surface area contributed by atoms with Gasteiger partial charge in [-0.1, -0.05) is 30.3 Å². The first kappa shape index (κ1) is 18.2. The average Bonchev–Trinajstić information content (AvgIpc) is 2.71. The number of sulfonamides is 1. The monoisotopic (exact) mass is 365 g/mol. The van der Waals surface area contributed by atoms with Crippen LogP contribution in [0.25, 0.3) is 0 Å². The van der Waals surface area contributed by atoms with Gasteiger partial charge in [-0.25, -0.2) is 13.2 Å². The lowest BCUT2D eigenvalue weighted by molar-refractivity contribution is 0.196. The summed E-state index contributed by atoms with van der Waals surface area (Å²) in [6.45, 7) is 5.97. The number of carbonyl (C=O) groups is 1. The van der Waals surface area contributed by atoms with E-state index >= 15 is 0 Å². The van der Waals surface area contributed by atoms with Crippen LogP contribution >= 0.6 is 0 Å². The summed E-state index contributed by atoms with van der Waals surface area (Å²) in [6.07, 6.45) is 1.25. The maximum Gasteiger partial charge on any atom is 0.317 e. The number of amides is 2. The first-order valence-corrected chi connectivity index (χ1v) is 10.5. The second kappa shape index (κ2) is 7.33. The Hall–Kier alpha value is -1.60. The molecule has 2 aliphatic heterocycles. The lowest BCUT2D eigenvalue weighted by Crippen LogP contribution is -2.43. The Morgan fingerprint density at radius 1 is 1.20 bits per heavy atom. The van der Waals surface area contributed by atoms with Gasteiger partial charge >= 0.3 is 6.03 Å². The van der Waals surface area contributed by atoms with Crippen LogP contribution in [0.3, 0.4) is 0 Å². The SMILES string of the molecule is CC(C)NC(=O)N1CC[C@@H]2CN(Cc3ccccc3)S(=O)(=O)[C@@H]2CC1. The number of nitrogens with one attached hydrogen (secondary N) is 1. The number of likely N-dealkylation sites (tertiary alicyclic amines) is 1. The number of hydrogen-bond donors (Lipinski definition) is 1. The van der Waals surface area contributed by atoms with Crippen LogP contribution < -0.4 is 5.32 Å². The van der Waals surface area contributed by atoms with Crippen molar-refractivity contribution in [3.8, 4) is 0 Å². The molecule has 25 heavy (non-hydrogen) atoms. The number of nitrogens with zero attached hydrogens (tertiary/aromatic N) is 2. The first-order chi connectivity index (χ1) is 11.9. The minimum absolute atomic E-state index is 0.0837. The van der Waals surface area contributed by atoms with Crippen LogP contribution in [-0.2, 0) is 16.6 Å². The molecule has 1 N–H and O–H groups in total. The van der Waals surface area contributed by atoms with Crippen molar-refractivity contribution in [1.29, 1.82) is 0 Å². The molecule has 0 saturated carbocycles. The number of hydrogen-bond acceptors (Lipinski definition) is 3. The van der Waals surface area contributed by atoms with Crippen LogP contribution in [0.4, 0.5) is 4.79 Å². The van der Waals surface area contributed by atoms with Gasteiger partial charge in [-0.2, -0.15) is 4.31 Å². The summed E-state index contributed by atoms with van der Waals surface area (Å²) in [6, 6.07) is 9.71. The van der Waals surface area contributed by atoms with Crippen LogP contribution in [-0.4, -0.2) is 54.6 Å². The van der Waals surface area contributed by atoms with E-state index in [4.69, 9.17) is 0 Å². The Morgan fingerprint density at radius 3 is 2.56 bits per heavy atom. The summed E-state index contributed by atoms with van der Waals surface area (Å²) < 4.78 is 27.5. The molecule has 2 saturated heterocycles. The highest BCUT2D eigenvalue weighted by Gasteiger charge is 2.47. The van der Waals surface area contributed by atoms with Crippen LogP contribution in [0.15, 0.2) is 30.3 Å². The maximum absolute atomic E-state index is 12.9. The molecule has 0 spiro atoms. The zero-order chi connectivity index (χ0) is 18.0. The minimum atomic E-state index is -3.31. The molecule has 2 heterocycles. The average molecular weight is 365 g/mol. The molecule has 7 heteroatoms.